The van der Waals surface area contributed by atoms with Crippen LogP contribution in [-0.4, -0.2) is 25.3 Å². The van der Waals surface area contributed by atoms with E-state index in [0.29, 0.717) is 11.0 Å². The van der Waals surface area contributed by atoms with E-state index in [9.17, 15) is 20.0 Å². The third-order valence-corrected chi connectivity index (χ3v) is 2.90. The van der Waals surface area contributed by atoms with Gasteiger partial charge in [0.25, 0.3) is 5.91 Å². The van der Waals surface area contributed by atoms with Crippen molar-refractivity contribution in [1.82, 2.24) is 9.36 Å². The van der Waals surface area contributed by atoms with Crippen LogP contribution in [0.4, 0.5) is 10.8 Å². The Labute approximate surface area is 111 Å². The summed E-state index contributed by atoms with van der Waals surface area (Å²) in [6.45, 7) is 1.68. The first-order valence-corrected chi connectivity index (χ1v) is 5.84. The van der Waals surface area contributed by atoms with Crippen LogP contribution >= 0.6 is 11.5 Å². The summed E-state index contributed by atoms with van der Waals surface area (Å²) in [6, 6.07) is 3.35. The number of hydrogen-bond donors (Lipinski definition) is 2. The first kappa shape index (κ1) is 12.9. The molecule has 2 rings (SSSR count). The maximum atomic E-state index is 11.8. The van der Waals surface area contributed by atoms with Gasteiger partial charge in [0.15, 0.2) is 5.75 Å². The van der Waals surface area contributed by atoms with Gasteiger partial charge >= 0.3 is 5.69 Å². The number of benzene rings is 1. The van der Waals surface area contributed by atoms with Gasteiger partial charge in [-0.05, 0) is 19.1 Å². The molecule has 1 aromatic carbocycles. The highest BCUT2D eigenvalue weighted by Crippen LogP contribution is 2.26. The molecule has 0 radical (unpaired) electrons. The van der Waals surface area contributed by atoms with E-state index >= 15 is 0 Å². The van der Waals surface area contributed by atoms with Gasteiger partial charge in [-0.15, -0.1) is 0 Å². The molecule has 9 heteroatoms. The molecule has 0 saturated heterocycles. The van der Waals surface area contributed by atoms with Gasteiger partial charge in [-0.25, -0.2) is 4.98 Å². The first-order valence-electron chi connectivity index (χ1n) is 5.06. The van der Waals surface area contributed by atoms with Gasteiger partial charge in [-0.3, -0.25) is 20.2 Å². The lowest BCUT2D eigenvalue weighted by Gasteiger charge is -2.02. The van der Waals surface area contributed by atoms with Crippen LogP contribution in [0.3, 0.4) is 0 Å². The number of carbonyl (C=O) groups is 1. The number of phenolic OH excluding ortho intramolecular Hbond substituents is 1. The molecule has 0 aliphatic carbocycles. The molecular formula is C10H8N4O4S. The van der Waals surface area contributed by atoms with Crippen molar-refractivity contribution in [3.63, 3.8) is 0 Å². The maximum absolute atomic E-state index is 11.8. The van der Waals surface area contributed by atoms with E-state index in [4.69, 9.17) is 0 Å². The van der Waals surface area contributed by atoms with Crippen molar-refractivity contribution in [2.45, 2.75) is 6.92 Å². The summed E-state index contributed by atoms with van der Waals surface area (Å²) >= 11 is 1.02. The number of aromatic nitrogens is 2. The molecule has 0 spiro atoms. The van der Waals surface area contributed by atoms with Crippen molar-refractivity contribution in [3.05, 3.63) is 39.7 Å². The average molecular weight is 280 g/mol. The summed E-state index contributed by atoms with van der Waals surface area (Å²) in [6.07, 6.45) is 0. The van der Waals surface area contributed by atoms with E-state index in [0.717, 1.165) is 23.7 Å². The molecule has 1 aromatic heterocycles. The van der Waals surface area contributed by atoms with Gasteiger partial charge < -0.3 is 5.11 Å². The minimum absolute atomic E-state index is 0.0935. The Bertz CT molecular complexity index is 655. The number of nitrogens with one attached hydrogen (secondary N) is 1. The second-order valence-corrected chi connectivity index (χ2v) is 4.31. The molecule has 0 unspecified atom stereocenters. The van der Waals surface area contributed by atoms with Crippen molar-refractivity contribution < 1.29 is 14.8 Å². The standard InChI is InChI=1S/C10H8N4O4S/c1-5-11-10(19-13-5)12-9(16)6-2-3-7(14(17)18)8(15)4-6/h2-4,15H,1H3,(H,11,12,13,16). The number of rotatable bonds is 3. The van der Waals surface area contributed by atoms with Crippen LogP contribution in [0.5, 0.6) is 5.75 Å². The zero-order valence-electron chi connectivity index (χ0n) is 9.65. The SMILES string of the molecule is Cc1nsc(NC(=O)c2ccc([N+](=O)[O-])c(O)c2)n1. The second-order valence-electron chi connectivity index (χ2n) is 3.56. The van der Waals surface area contributed by atoms with E-state index in [-0.39, 0.29) is 5.56 Å². The molecule has 0 aliphatic rings. The molecule has 1 heterocycles. The van der Waals surface area contributed by atoms with Gasteiger partial charge in [-0.1, -0.05) is 0 Å². The van der Waals surface area contributed by atoms with E-state index < -0.39 is 22.3 Å². The largest absolute Gasteiger partial charge is 0.502 e. The minimum Gasteiger partial charge on any atom is -0.502 e. The lowest BCUT2D eigenvalue weighted by atomic mass is 10.2. The molecule has 8 nitrogen and oxygen atoms in total. The van der Waals surface area contributed by atoms with Gasteiger partial charge in [0.1, 0.15) is 5.82 Å². The van der Waals surface area contributed by atoms with Crippen molar-refractivity contribution in [1.29, 1.82) is 0 Å². The summed E-state index contributed by atoms with van der Waals surface area (Å²) in [5.41, 5.74) is -0.362. The number of amides is 1. The fourth-order valence-corrected chi connectivity index (χ4v) is 1.91. The normalized spacial score (nSPS) is 10.2. The number of phenols is 1. The Kier molecular flexibility index (Phi) is 3.38. The van der Waals surface area contributed by atoms with Crippen molar-refractivity contribution in [3.8, 4) is 5.75 Å². The van der Waals surface area contributed by atoms with Crippen LogP contribution in [0.1, 0.15) is 16.2 Å². The lowest BCUT2D eigenvalue weighted by Crippen LogP contribution is -2.11. The van der Waals surface area contributed by atoms with Crippen LogP contribution in [0, 0.1) is 17.0 Å². The molecule has 0 saturated carbocycles. The fourth-order valence-electron chi connectivity index (χ4n) is 1.34. The van der Waals surface area contributed by atoms with Gasteiger partial charge in [-0.2, -0.15) is 4.37 Å². The second kappa shape index (κ2) is 4.98. The molecule has 0 bridgehead atoms. The highest BCUT2D eigenvalue weighted by Gasteiger charge is 2.16. The number of aryl methyl sites for hydroxylation is 1. The van der Waals surface area contributed by atoms with E-state index in [2.05, 4.69) is 14.7 Å². The summed E-state index contributed by atoms with van der Waals surface area (Å²) in [5, 5.41) is 22.8. The monoisotopic (exact) mass is 280 g/mol. The summed E-state index contributed by atoms with van der Waals surface area (Å²) in [4.78, 5) is 25.5. The van der Waals surface area contributed by atoms with Gasteiger partial charge in [0.05, 0.1) is 4.92 Å². The van der Waals surface area contributed by atoms with Gasteiger partial charge in [0, 0.05) is 23.2 Å². The van der Waals surface area contributed by atoms with Gasteiger partial charge in [0.2, 0.25) is 5.13 Å². The summed E-state index contributed by atoms with van der Waals surface area (Å²) in [5.74, 6) is -0.556. The summed E-state index contributed by atoms with van der Waals surface area (Å²) < 4.78 is 3.90. The van der Waals surface area contributed by atoms with Crippen LogP contribution in [0.2, 0.25) is 0 Å². The molecular weight excluding hydrogens is 272 g/mol. The highest BCUT2D eigenvalue weighted by molar-refractivity contribution is 7.09. The molecule has 0 aliphatic heterocycles. The Morgan fingerprint density at radius 2 is 2.26 bits per heavy atom. The van der Waals surface area contributed by atoms with E-state index in [1.807, 2.05) is 0 Å². The Balaban J connectivity index is 2.20. The van der Waals surface area contributed by atoms with Crippen molar-refractivity contribution >= 4 is 28.3 Å². The van der Waals surface area contributed by atoms with E-state index in [1.165, 1.54) is 6.07 Å². The topological polar surface area (TPSA) is 118 Å². The van der Waals surface area contributed by atoms with Crippen LogP contribution in [0.25, 0.3) is 0 Å². The van der Waals surface area contributed by atoms with Crippen LogP contribution in [0.15, 0.2) is 18.2 Å². The van der Waals surface area contributed by atoms with Crippen LogP contribution in [-0.2, 0) is 0 Å². The average Bonchev–Trinajstić information content (AvgIpc) is 2.74. The highest BCUT2D eigenvalue weighted by atomic mass is 32.1. The number of aromatic hydroxyl groups is 1. The number of carbonyl (C=O) groups excluding carboxylic acids is 1. The third kappa shape index (κ3) is 2.83. The molecule has 2 N–H and O–H groups in total. The molecule has 19 heavy (non-hydrogen) atoms. The molecule has 0 fully saturated rings. The van der Waals surface area contributed by atoms with Crippen molar-refractivity contribution in [2.75, 3.05) is 5.32 Å². The molecule has 2 aromatic rings. The van der Waals surface area contributed by atoms with Crippen molar-refractivity contribution in [2.24, 2.45) is 0 Å². The quantitative estimate of drug-likeness (QED) is 0.652. The molecule has 98 valence electrons. The Hall–Kier alpha value is -2.55. The van der Waals surface area contributed by atoms with E-state index in [1.54, 1.807) is 6.92 Å². The minimum atomic E-state index is -0.731. The maximum Gasteiger partial charge on any atom is 0.310 e. The van der Waals surface area contributed by atoms with Crippen LogP contribution < -0.4 is 5.32 Å². The molecule has 1 amide bonds. The number of nitrogens with zero attached hydrogens (tertiary/aromatic N) is 3. The Morgan fingerprint density at radius 3 is 2.79 bits per heavy atom. The zero-order valence-corrected chi connectivity index (χ0v) is 10.5. The third-order valence-electron chi connectivity index (χ3n) is 2.18. The molecule has 0 atom stereocenters. The number of nitro groups is 1. The smallest absolute Gasteiger partial charge is 0.310 e. The predicted octanol–water partition coefficient (Wildman–Crippen LogP) is 1.71. The first-order chi connectivity index (χ1) is 8.97. The predicted molar refractivity (Wildman–Crippen MR) is 67.4 cm³/mol. The summed E-state index contributed by atoms with van der Waals surface area (Å²) in [7, 11) is 0. The number of hydrogen-bond acceptors (Lipinski definition) is 7. The fraction of sp³-hybridized carbons (Fsp3) is 0.100. The number of anilines is 1. The number of nitro benzene ring substituents is 1. The zero-order chi connectivity index (χ0) is 14.0. The Morgan fingerprint density at radius 1 is 1.53 bits per heavy atom. The lowest BCUT2D eigenvalue weighted by molar-refractivity contribution is -0.385.